The molecule has 0 saturated carbocycles. The lowest BCUT2D eigenvalue weighted by atomic mass is 10.2. The SMILES string of the molecule is O=C(CSCc1ccc(Cl)s1)NCc1ccc(N2CCCC2=O)cc1. The molecule has 1 N–H and O–H groups in total. The monoisotopic (exact) mass is 394 g/mol. The lowest BCUT2D eigenvalue weighted by Crippen LogP contribution is -2.25. The van der Waals surface area contributed by atoms with E-state index in [2.05, 4.69) is 5.32 Å². The Balaban J connectivity index is 1.40. The summed E-state index contributed by atoms with van der Waals surface area (Å²) >= 11 is 9.01. The van der Waals surface area contributed by atoms with E-state index in [1.165, 1.54) is 4.88 Å². The van der Waals surface area contributed by atoms with Gasteiger partial charge in [0.25, 0.3) is 0 Å². The molecule has 2 heterocycles. The fourth-order valence-electron chi connectivity index (χ4n) is 2.64. The number of hydrogen-bond donors (Lipinski definition) is 1. The van der Waals surface area contributed by atoms with Gasteiger partial charge in [-0.3, -0.25) is 9.59 Å². The van der Waals surface area contributed by atoms with E-state index in [9.17, 15) is 9.59 Å². The lowest BCUT2D eigenvalue weighted by molar-refractivity contribution is -0.119. The third-order valence-corrected chi connectivity index (χ3v) is 6.31. The van der Waals surface area contributed by atoms with E-state index in [0.717, 1.165) is 34.3 Å². The van der Waals surface area contributed by atoms with Crippen LogP contribution >= 0.6 is 34.7 Å². The average molecular weight is 395 g/mol. The summed E-state index contributed by atoms with van der Waals surface area (Å²) in [7, 11) is 0. The molecule has 132 valence electrons. The number of benzene rings is 1. The molecule has 0 spiro atoms. The molecular weight excluding hydrogens is 376 g/mol. The predicted molar refractivity (Wildman–Crippen MR) is 105 cm³/mol. The first-order valence-electron chi connectivity index (χ1n) is 8.10. The summed E-state index contributed by atoms with van der Waals surface area (Å²) < 4.78 is 0.777. The molecule has 0 atom stereocenters. The van der Waals surface area contributed by atoms with Gasteiger partial charge in [0.2, 0.25) is 11.8 Å². The highest BCUT2D eigenvalue weighted by molar-refractivity contribution is 7.99. The van der Waals surface area contributed by atoms with Crippen LogP contribution in [0.1, 0.15) is 23.3 Å². The Morgan fingerprint density at radius 3 is 2.68 bits per heavy atom. The van der Waals surface area contributed by atoms with Gasteiger partial charge < -0.3 is 10.2 Å². The molecular formula is C18H19ClN2O2S2. The van der Waals surface area contributed by atoms with Gasteiger partial charge in [-0.05, 0) is 36.2 Å². The molecule has 1 aliphatic heterocycles. The Kier molecular flexibility index (Phi) is 6.39. The van der Waals surface area contributed by atoms with Crippen LogP contribution in [0.3, 0.4) is 0 Å². The summed E-state index contributed by atoms with van der Waals surface area (Å²) in [5, 5.41) is 2.93. The van der Waals surface area contributed by atoms with Crippen LogP contribution in [0.2, 0.25) is 4.34 Å². The van der Waals surface area contributed by atoms with E-state index in [4.69, 9.17) is 11.6 Å². The number of nitrogens with zero attached hydrogens (tertiary/aromatic N) is 1. The molecule has 1 aliphatic rings. The quantitative estimate of drug-likeness (QED) is 0.769. The molecule has 7 heteroatoms. The molecule has 4 nitrogen and oxygen atoms in total. The maximum atomic E-state index is 11.9. The number of anilines is 1. The van der Waals surface area contributed by atoms with Crippen LogP contribution in [0, 0.1) is 0 Å². The molecule has 1 saturated heterocycles. The number of nitrogens with one attached hydrogen (secondary N) is 1. The maximum Gasteiger partial charge on any atom is 0.230 e. The van der Waals surface area contributed by atoms with Crippen LogP contribution in [0.4, 0.5) is 5.69 Å². The molecule has 0 bridgehead atoms. The van der Waals surface area contributed by atoms with E-state index in [-0.39, 0.29) is 11.8 Å². The zero-order valence-electron chi connectivity index (χ0n) is 13.7. The highest BCUT2D eigenvalue weighted by Gasteiger charge is 2.21. The molecule has 0 aliphatic carbocycles. The van der Waals surface area contributed by atoms with Gasteiger partial charge in [0.15, 0.2) is 0 Å². The Morgan fingerprint density at radius 1 is 1.24 bits per heavy atom. The highest BCUT2D eigenvalue weighted by Crippen LogP contribution is 2.25. The van der Waals surface area contributed by atoms with Gasteiger partial charge >= 0.3 is 0 Å². The number of thiophene rings is 1. The second kappa shape index (κ2) is 8.74. The summed E-state index contributed by atoms with van der Waals surface area (Å²) in [5.74, 6) is 1.43. The van der Waals surface area contributed by atoms with Crippen molar-refractivity contribution in [2.45, 2.75) is 25.1 Å². The van der Waals surface area contributed by atoms with Crippen LogP contribution in [-0.4, -0.2) is 24.1 Å². The summed E-state index contributed by atoms with van der Waals surface area (Å²) in [6.07, 6.45) is 1.55. The summed E-state index contributed by atoms with van der Waals surface area (Å²) in [6.45, 7) is 1.29. The minimum absolute atomic E-state index is 0.0199. The standard InChI is InChI=1S/C18H19ClN2O2S2/c19-16-8-7-15(25-16)11-24-12-17(22)20-10-13-3-5-14(6-4-13)21-9-1-2-18(21)23/h3-8H,1-2,9-12H2,(H,20,22). The third kappa shape index (κ3) is 5.23. The second-order valence-corrected chi connectivity index (χ2v) is 8.58. The Bertz CT molecular complexity index is 746. The minimum Gasteiger partial charge on any atom is -0.351 e. The van der Waals surface area contributed by atoms with E-state index >= 15 is 0 Å². The minimum atomic E-state index is 0.0199. The lowest BCUT2D eigenvalue weighted by Gasteiger charge is -2.16. The molecule has 0 radical (unpaired) electrons. The van der Waals surface area contributed by atoms with Crippen LogP contribution in [0.5, 0.6) is 0 Å². The number of halogens is 1. The van der Waals surface area contributed by atoms with Crippen molar-refractivity contribution in [3.63, 3.8) is 0 Å². The largest absolute Gasteiger partial charge is 0.351 e. The van der Waals surface area contributed by atoms with E-state index in [1.54, 1.807) is 23.1 Å². The number of carbonyl (C=O) groups is 2. The molecule has 3 rings (SSSR count). The number of rotatable bonds is 7. The molecule has 25 heavy (non-hydrogen) atoms. The second-order valence-electron chi connectivity index (χ2n) is 5.79. The third-order valence-electron chi connectivity index (χ3n) is 3.92. The molecule has 2 aromatic rings. The Hall–Kier alpha value is -1.50. The van der Waals surface area contributed by atoms with E-state index in [1.807, 2.05) is 41.3 Å². The van der Waals surface area contributed by atoms with E-state index in [0.29, 0.717) is 18.7 Å². The maximum absolute atomic E-state index is 11.9. The van der Waals surface area contributed by atoms with Crippen LogP contribution in [0.25, 0.3) is 0 Å². The van der Waals surface area contributed by atoms with Gasteiger partial charge in [0.05, 0.1) is 10.1 Å². The highest BCUT2D eigenvalue weighted by atomic mass is 35.5. The average Bonchev–Trinajstić information content (AvgIpc) is 3.22. The van der Waals surface area contributed by atoms with Crippen LogP contribution < -0.4 is 10.2 Å². The zero-order chi connectivity index (χ0) is 17.6. The fraction of sp³-hybridized carbons (Fsp3) is 0.333. The first-order chi connectivity index (χ1) is 12.1. The Morgan fingerprint density at radius 2 is 2.04 bits per heavy atom. The van der Waals surface area contributed by atoms with Crippen molar-refractivity contribution in [2.24, 2.45) is 0 Å². The van der Waals surface area contributed by atoms with Gasteiger partial charge in [0, 0.05) is 35.8 Å². The van der Waals surface area contributed by atoms with Crippen LogP contribution in [0.15, 0.2) is 36.4 Å². The summed E-state index contributed by atoms with van der Waals surface area (Å²) in [6, 6.07) is 11.7. The smallest absolute Gasteiger partial charge is 0.230 e. The van der Waals surface area contributed by atoms with Gasteiger partial charge in [0.1, 0.15) is 0 Å². The van der Waals surface area contributed by atoms with Crippen molar-refractivity contribution in [1.82, 2.24) is 5.32 Å². The van der Waals surface area contributed by atoms with Crippen molar-refractivity contribution >= 4 is 52.2 Å². The van der Waals surface area contributed by atoms with Gasteiger partial charge in [-0.2, -0.15) is 0 Å². The molecule has 1 fully saturated rings. The Labute approximate surface area is 160 Å². The van der Waals surface area contributed by atoms with Gasteiger partial charge in [-0.25, -0.2) is 0 Å². The summed E-state index contributed by atoms with van der Waals surface area (Å²) in [4.78, 5) is 26.7. The summed E-state index contributed by atoms with van der Waals surface area (Å²) in [5.41, 5.74) is 1.96. The zero-order valence-corrected chi connectivity index (χ0v) is 16.1. The molecule has 2 amide bonds. The topological polar surface area (TPSA) is 49.4 Å². The molecule has 1 aromatic carbocycles. The first kappa shape index (κ1) is 18.3. The van der Waals surface area contributed by atoms with Crippen molar-refractivity contribution in [2.75, 3.05) is 17.2 Å². The molecule has 0 unspecified atom stereocenters. The predicted octanol–water partition coefficient (Wildman–Crippen LogP) is 4.08. The first-order valence-corrected chi connectivity index (χ1v) is 10.4. The van der Waals surface area contributed by atoms with E-state index < -0.39 is 0 Å². The number of hydrogen-bond acceptors (Lipinski definition) is 4. The fourth-order valence-corrected chi connectivity index (χ4v) is 4.70. The van der Waals surface area contributed by atoms with Crippen molar-refractivity contribution in [1.29, 1.82) is 0 Å². The van der Waals surface area contributed by atoms with Crippen molar-refractivity contribution < 1.29 is 9.59 Å². The number of thioether (sulfide) groups is 1. The number of carbonyl (C=O) groups excluding carboxylic acids is 2. The van der Waals surface area contributed by atoms with Crippen molar-refractivity contribution in [3.05, 3.63) is 51.2 Å². The number of amides is 2. The van der Waals surface area contributed by atoms with Crippen LogP contribution in [-0.2, 0) is 21.9 Å². The van der Waals surface area contributed by atoms with Gasteiger partial charge in [-0.15, -0.1) is 23.1 Å². The van der Waals surface area contributed by atoms with Gasteiger partial charge in [-0.1, -0.05) is 23.7 Å². The normalized spacial score (nSPS) is 14.1. The van der Waals surface area contributed by atoms with Crippen molar-refractivity contribution in [3.8, 4) is 0 Å². The molecule has 1 aromatic heterocycles.